The lowest BCUT2D eigenvalue weighted by atomic mass is 9.94. The molecular formula is C11H19Cl3N5P. The number of alkyl halides is 1. The molecule has 0 spiro atoms. The van der Waals surface area contributed by atoms with Gasteiger partial charge in [0.05, 0.1) is 0 Å². The Kier molecular flexibility index (Phi) is 5.63. The van der Waals surface area contributed by atoms with Crippen LogP contribution in [-0.4, -0.2) is 54.8 Å². The van der Waals surface area contributed by atoms with E-state index in [1.807, 2.05) is 14.1 Å². The van der Waals surface area contributed by atoms with Crippen molar-refractivity contribution in [3.8, 4) is 0 Å². The van der Waals surface area contributed by atoms with Crippen LogP contribution in [0.1, 0.15) is 19.3 Å². The van der Waals surface area contributed by atoms with Crippen LogP contribution in [0.4, 0.5) is 0 Å². The fourth-order valence-electron chi connectivity index (χ4n) is 2.27. The van der Waals surface area contributed by atoms with Gasteiger partial charge in [0, 0.05) is 33.1 Å². The molecule has 0 bridgehead atoms. The summed E-state index contributed by atoms with van der Waals surface area (Å²) < 4.78 is 8.51. The molecule has 0 N–H and O–H groups in total. The SMILES string of the molecule is CN(C)C1=NC(N2CCC(CCCl)CC2)=NP(Cl)(Cl)=N1. The van der Waals surface area contributed by atoms with Crippen LogP contribution < -0.4 is 0 Å². The molecule has 0 unspecified atom stereocenters. The quantitative estimate of drug-likeness (QED) is 0.552. The van der Waals surface area contributed by atoms with E-state index < -0.39 is 5.91 Å². The number of halogens is 3. The molecule has 1 fully saturated rings. The van der Waals surface area contributed by atoms with E-state index >= 15 is 0 Å². The predicted octanol–water partition coefficient (Wildman–Crippen LogP) is 4.04. The number of rotatable bonds is 2. The van der Waals surface area contributed by atoms with Crippen molar-refractivity contribution in [2.75, 3.05) is 33.1 Å². The normalized spacial score (nSPS) is 22.9. The molecule has 114 valence electrons. The molecule has 0 saturated carbocycles. The van der Waals surface area contributed by atoms with Gasteiger partial charge >= 0.3 is 0 Å². The summed E-state index contributed by atoms with van der Waals surface area (Å²) in [6, 6.07) is 0. The van der Waals surface area contributed by atoms with Gasteiger partial charge in [0.2, 0.25) is 11.9 Å². The van der Waals surface area contributed by atoms with Gasteiger partial charge in [0.25, 0.3) is 5.91 Å². The molecule has 0 atom stereocenters. The first kappa shape index (κ1) is 16.4. The van der Waals surface area contributed by atoms with Gasteiger partial charge in [-0.25, -0.2) is 0 Å². The summed E-state index contributed by atoms with van der Waals surface area (Å²) in [5.74, 6) is -0.0966. The van der Waals surface area contributed by atoms with Crippen LogP contribution in [0.5, 0.6) is 0 Å². The highest BCUT2D eigenvalue weighted by atomic mass is 35.9. The third-order valence-corrected chi connectivity index (χ3v) is 5.40. The Hall–Kier alpha value is 0.0400. The van der Waals surface area contributed by atoms with Crippen LogP contribution >= 0.6 is 40.0 Å². The number of hydrogen-bond acceptors (Lipinski definition) is 5. The lowest BCUT2D eigenvalue weighted by Gasteiger charge is -2.33. The lowest BCUT2D eigenvalue weighted by molar-refractivity contribution is 0.260. The van der Waals surface area contributed by atoms with Gasteiger partial charge < -0.3 is 9.80 Å². The third-order valence-electron chi connectivity index (χ3n) is 3.43. The first-order valence-electron chi connectivity index (χ1n) is 6.60. The molecule has 0 amide bonds. The Morgan fingerprint density at radius 2 is 1.95 bits per heavy atom. The maximum atomic E-state index is 6.17. The van der Waals surface area contributed by atoms with Crippen LogP contribution in [0.15, 0.2) is 14.5 Å². The van der Waals surface area contributed by atoms with Gasteiger partial charge in [-0.2, -0.15) is 14.5 Å². The Labute approximate surface area is 134 Å². The second-order valence-corrected chi connectivity index (χ2v) is 10.2. The van der Waals surface area contributed by atoms with Crippen molar-refractivity contribution in [2.45, 2.75) is 19.3 Å². The third kappa shape index (κ3) is 4.27. The molecule has 9 heteroatoms. The number of hydrogen-bond donors (Lipinski definition) is 0. The minimum atomic E-state index is -2.68. The van der Waals surface area contributed by atoms with E-state index in [4.69, 9.17) is 34.1 Å². The summed E-state index contributed by atoms with van der Waals surface area (Å²) in [4.78, 5) is 8.40. The highest BCUT2D eigenvalue weighted by molar-refractivity contribution is 8.09. The average molecular weight is 359 g/mol. The van der Waals surface area contributed by atoms with Gasteiger partial charge in [-0.15, -0.1) is 11.6 Å². The van der Waals surface area contributed by atoms with Crippen molar-refractivity contribution in [2.24, 2.45) is 20.4 Å². The number of aliphatic imine (C=N–C) groups is 1. The van der Waals surface area contributed by atoms with E-state index in [1.165, 1.54) is 0 Å². The Balaban J connectivity index is 2.10. The second-order valence-electron chi connectivity index (χ2n) is 5.17. The highest BCUT2D eigenvalue weighted by Gasteiger charge is 2.27. The molecule has 0 aromatic heterocycles. The first-order valence-corrected chi connectivity index (χ1v) is 10.6. The molecule has 20 heavy (non-hydrogen) atoms. The maximum absolute atomic E-state index is 6.17. The summed E-state index contributed by atoms with van der Waals surface area (Å²) in [5, 5.41) is 0. The lowest BCUT2D eigenvalue weighted by Crippen LogP contribution is -2.39. The molecule has 2 aliphatic rings. The molecule has 0 aliphatic carbocycles. The zero-order chi connectivity index (χ0) is 14.8. The van der Waals surface area contributed by atoms with Gasteiger partial charge in [-0.3, -0.25) is 0 Å². The standard InChI is InChI=1S/C11H19Cl3N5P/c1-18(2)10-15-11(17-20(13,14)16-10)19-7-4-9(3-6-12)5-8-19/h9H,3-8H2,1-2H3. The largest absolute Gasteiger partial charge is 0.347 e. The van der Waals surface area contributed by atoms with Gasteiger partial charge in [0.1, 0.15) is 0 Å². The summed E-state index contributed by atoms with van der Waals surface area (Å²) in [6.45, 7) is 1.83. The summed E-state index contributed by atoms with van der Waals surface area (Å²) >= 11 is 18.2. The van der Waals surface area contributed by atoms with E-state index in [-0.39, 0.29) is 0 Å². The summed E-state index contributed by atoms with van der Waals surface area (Å²) in [6.07, 6.45) is 3.28. The van der Waals surface area contributed by atoms with Crippen molar-refractivity contribution >= 4 is 51.9 Å². The van der Waals surface area contributed by atoms with Crippen LogP contribution in [-0.2, 0) is 0 Å². The van der Waals surface area contributed by atoms with Crippen molar-refractivity contribution in [1.29, 1.82) is 0 Å². The maximum Gasteiger partial charge on any atom is 0.259 e. The van der Waals surface area contributed by atoms with Crippen molar-refractivity contribution < 1.29 is 0 Å². The number of guanidine groups is 2. The van der Waals surface area contributed by atoms with Crippen LogP contribution in [0.25, 0.3) is 0 Å². The zero-order valence-electron chi connectivity index (χ0n) is 11.6. The smallest absolute Gasteiger partial charge is 0.259 e. The molecule has 0 aromatic carbocycles. The number of nitrogens with zero attached hydrogens (tertiary/aromatic N) is 5. The summed E-state index contributed by atoms with van der Waals surface area (Å²) in [5.41, 5.74) is 0. The van der Waals surface area contributed by atoms with E-state index in [2.05, 4.69) is 19.4 Å². The van der Waals surface area contributed by atoms with Crippen LogP contribution in [0.3, 0.4) is 0 Å². The molecule has 2 aliphatic heterocycles. The topological polar surface area (TPSA) is 43.6 Å². The first-order chi connectivity index (χ1) is 9.41. The van der Waals surface area contributed by atoms with E-state index in [0.29, 0.717) is 17.8 Å². The molecule has 0 radical (unpaired) electrons. The second kappa shape index (κ2) is 6.87. The average Bonchev–Trinajstić information content (AvgIpc) is 2.38. The van der Waals surface area contributed by atoms with Crippen molar-refractivity contribution in [1.82, 2.24) is 9.80 Å². The number of piperidine rings is 1. The van der Waals surface area contributed by atoms with Gasteiger partial charge in [0.15, 0.2) is 0 Å². The Morgan fingerprint density at radius 1 is 1.30 bits per heavy atom. The molecule has 5 nitrogen and oxygen atoms in total. The molecular weight excluding hydrogens is 339 g/mol. The van der Waals surface area contributed by atoms with Crippen molar-refractivity contribution in [3.05, 3.63) is 0 Å². The predicted molar refractivity (Wildman–Crippen MR) is 89.2 cm³/mol. The molecule has 1 saturated heterocycles. The fourth-order valence-corrected chi connectivity index (χ4v) is 4.26. The Bertz CT molecular complexity index is 463. The molecule has 2 rings (SSSR count). The highest BCUT2D eigenvalue weighted by Crippen LogP contribution is 2.63. The van der Waals surface area contributed by atoms with Crippen LogP contribution in [0, 0.1) is 5.92 Å². The van der Waals surface area contributed by atoms with Gasteiger partial charge in [-0.1, -0.05) is 0 Å². The summed E-state index contributed by atoms with van der Waals surface area (Å²) in [7, 11) is 3.73. The minimum absolute atomic E-state index is 0.538. The molecule has 2 heterocycles. The van der Waals surface area contributed by atoms with E-state index in [9.17, 15) is 0 Å². The monoisotopic (exact) mass is 357 g/mol. The van der Waals surface area contributed by atoms with E-state index in [1.54, 1.807) is 4.90 Å². The number of likely N-dealkylation sites (tertiary alicyclic amines) is 1. The molecule has 0 aromatic rings. The zero-order valence-corrected chi connectivity index (χ0v) is 14.8. The van der Waals surface area contributed by atoms with Crippen LogP contribution in [0.2, 0.25) is 0 Å². The Morgan fingerprint density at radius 3 is 2.50 bits per heavy atom. The van der Waals surface area contributed by atoms with Gasteiger partial charge in [-0.05, 0) is 47.7 Å². The minimum Gasteiger partial charge on any atom is -0.347 e. The fraction of sp³-hybridized carbons (Fsp3) is 0.818. The van der Waals surface area contributed by atoms with E-state index in [0.717, 1.165) is 38.2 Å². The van der Waals surface area contributed by atoms with Crippen molar-refractivity contribution in [3.63, 3.8) is 0 Å².